The molecular formula is C17H28ClNO. The maximum Gasteiger partial charge on any atom is 0.124 e. The first-order valence-electron chi connectivity index (χ1n) is 7.67. The summed E-state index contributed by atoms with van der Waals surface area (Å²) in [7, 11) is 1.68. The summed E-state index contributed by atoms with van der Waals surface area (Å²) < 4.78 is 5.33. The quantitative estimate of drug-likeness (QED) is 0.611. The van der Waals surface area contributed by atoms with Crippen molar-refractivity contribution in [2.75, 3.05) is 13.7 Å². The normalized spacial score (nSPS) is 11.1. The Kier molecular flexibility index (Phi) is 8.72. The standard InChI is InChI=1S/C17H28ClNO/c1-14(2)9-6-4-5-7-12-19-13-15-16(18)10-8-11-17(15)20-3/h8,10-11,14,19H,4-7,9,12-13H2,1-3H3. The largest absolute Gasteiger partial charge is 0.496 e. The third kappa shape index (κ3) is 6.62. The Labute approximate surface area is 128 Å². The van der Waals surface area contributed by atoms with Crippen molar-refractivity contribution in [3.8, 4) is 5.75 Å². The van der Waals surface area contributed by atoms with Gasteiger partial charge in [-0.15, -0.1) is 0 Å². The number of ether oxygens (including phenoxy) is 1. The molecule has 0 amide bonds. The van der Waals surface area contributed by atoms with Crippen molar-refractivity contribution in [1.82, 2.24) is 5.32 Å². The average Bonchev–Trinajstić information content (AvgIpc) is 2.42. The van der Waals surface area contributed by atoms with E-state index in [9.17, 15) is 0 Å². The number of hydrogen-bond donors (Lipinski definition) is 1. The van der Waals surface area contributed by atoms with Gasteiger partial charge in [0.25, 0.3) is 0 Å². The second-order valence-corrected chi connectivity index (χ2v) is 6.10. The zero-order valence-corrected chi connectivity index (χ0v) is 13.8. The van der Waals surface area contributed by atoms with Gasteiger partial charge in [-0.2, -0.15) is 0 Å². The van der Waals surface area contributed by atoms with Crippen LogP contribution in [0.15, 0.2) is 18.2 Å². The van der Waals surface area contributed by atoms with E-state index < -0.39 is 0 Å². The van der Waals surface area contributed by atoms with Crippen LogP contribution in [-0.2, 0) is 6.54 Å². The van der Waals surface area contributed by atoms with Crippen molar-refractivity contribution in [2.45, 2.75) is 52.5 Å². The second-order valence-electron chi connectivity index (χ2n) is 5.69. The number of methoxy groups -OCH3 is 1. The molecule has 0 saturated heterocycles. The van der Waals surface area contributed by atoms with Crippen molar-refractivity contribution in [2.24, 2.45) is 5.92 Å². The van der Waals surface area contributed by atoms with Gasteiger partial charge in [-0.3, -0.25) is 0 Å². The zero-order valence-electron chi connectivity index (χ0n) is 13.0. The summed E-state index contributed by atoms with van der Waals surface area (Å²) in [6.07, 6.45) is 6.58. The molecule has 0 aromatic heterocycles. The van der Waals surface area contributed by atoms with Gasteiger partial charge >= 0.3 is 0 Å². The Balaban J connectivity index is 2.15. The first-order valence-corrected chi connectivity index (χ1v) is 8.05. The molecule has 20 heavy (non-hydrogen) atoms. The molecule has 0 heterocycles. The monoisotopic (exact) mass is 297 g/mol. The van der Waals surface area contributed by atoms with Gasteiger partial charge in [0.1, 0.15) is 5.75 Å². The summed E-state index contributed by atoms with van der Waals surface area (Å²) in [4.78, 5) is 0. The van der Waals surface area contributed by atoms with E-state index in [4.69, 9.17) is 16.3 Å². The molecule has 3 heteroatoms. The predicted octanol–water partition coefficient (Wildman–Crippen LogP) is 5.04. The number of benzene rings is 1. The van der Waals surface area contributed by atoms with Gasteiger partial charge in [0.15, 0.2) is 0 Å². The fourth-order valence-corrected chi connectivity index (χ4v) is 2.50. The van der Waals surface area contributed by atoms with Crippen LogP contribution >= 0.6 is 11.6 Å². The Morgan fingerprint density at radius 2 is 1.90 bits per heavy atom. The van der Waals surface area contributed by atoms with Gasteiger partial charge in [-0.1, -0.05) is 57.2 Å². The lowest BCUT2D eigenvalue weighted by molar-refractivity contribution is 0.407. The molecule has 0 aliphatic carbocycles. The van der Waals surface area contributed by atoms with Crippen LogP contribution in [0, 0.1) is 5.92 Å². The lowest BCUT2D eigenvalue weighted by Crippen LogP contribution is -2.15. The maximum atomic E-state index is 6.20. The second kappa shape index (κ2) is 10.1. The van der Waals surface area contributed by atoms with Gasteiger partial charge in [0, 0.05) is 17.1 Å². The fourth-order valence-electron chi connectivity index (χ4n) is 2.27. The van der Waals surface area contributed by atoms with Gasteiger partial charge in [-0.05, 0) is 31.0 Å². The van der Waals surface area contributed by atoms with Crippen LogP contribution in [0.1, 0.15) is 51.5 Å². The Morgan fingerprint density at radius 3 is 2.60 bits per heavy atom. The van der Waals surface area contributed by atoms with E-state index in [1.54, 1.807) is 7.11 Å². The zero-order chi connectivity index (χ0) is 14.8. The summed E-state index contributed by atoms with van der Waals surface area (Å²) in [5.41, 5.74) is 1.05. The molecular weight excluding hydrogens is 270 g/mol. The molecule has 0 radical (unpaired) electrons. The number of unbranched alkanes of at least 4 members (excludes halogenated alkanes) is 3. The van der Waals surface area contributed by atoms with E-state index in [0.29, 0.717) is 0 Å². The van der Waals surface area contributed by atoms with E-state index >= 15 is 0 Å². The van der Waals surface area contributed by atoms with Gasteiger partial charge < -0.3 is 10.1 Å². The summed E-state index contributed by atoms with van der Waals surface area (Å²) in [5.74, 6) is 1.70. The fraction of sp³-hybridized carbons (Fsp3) is 0.647. The molecule has 0 aliphatic rings. The Morgan fingerprint density at radius 1 is 1.15 bits per heavy atom. The molecule has 2 nitrogen and oxygen atoms in total. The average molecular weight is 298 g/mol. The van der Waals surface area contributed by atoms with Gasteiger partial charge in [0.05, 0.1) is 7.11 Å². The van der Waals surface area contributed by atoms with E-state index in [1.165, 1.54) is 32.1 Å². The van der Waals surface area contributed by atoms with Crippen molar-refractivity contribution in [3.63, 3.8) is 0 Å². The SMILES string of the molecule is COc1cccc(Cl)c1CNCCCCCCC(C)C. The predicted molar refractivity (Wildman–Crippen MR) is 87.6 cm³/mol. The smallest absolute Gasteiger partial charge is 0.124 e. The van der Waals surface area contributed by atoms with E-state index in [-0.39, 0.29) is 0 Å². The summed E-state index contributed by atoms with van der Waals surface area (Å²) in [5, 5.41) is 4.22. The molecule has 0 aliphatic heterocycles. The highest BCUT2D eigenvalue weighted by molar-refractivity contribution is 6.31. The molecule has 0 saturated carbocycles. The third-order valence-electron chi connectivity index (χ3n) is 3.48. The van der Waals surface area contributed by atoms with E-state index in [2.05, 4.69) is 19.2 Å². The molecule has 0 unspecified atom stereocenters. The number of nitrogens with one attached hydrogen (secondary N) is 1. The van der Waals surface area contributed by atoms with Crippen LogP contribution in [0.5, 0.6) is 5.75 Å². The summed E-state index contributed by atoms with van der Waals surface area (Å²) >= 11 is 6.20. The van der Waals surface area contributed by atoms with E-state index in [1.807, 2.05) is 18.2 Å². The molecule has 1 rings (SSSR count). The van der Waals surface area contributed by atoms with Crippen LogP contribution in [0.25, 0.3) is 0 Å². The van der Waals surface area contributed by atoms with Crippen LogP contribution in [0.3, 0.4) is 0 Å². The minimum Gasteiger partial charge on any atom is -0.496 e. The number of hydrogen-bond acceptors (Lipinski definition) is 2. The molecule has 114 valence electrons. The van der Waals surface area contributed by atoms with E-state index in [0.717, 1.165) is 35.3 Å². The molecule has 0 spiro atoms. The Bertz CT molecular complexity index is 379. The highest BCUT2D eigenvalue weighted by atomic mass is 35.5. The molecule has 1 aromatic rings. The summed E-state index contributed by atoms with van der Waals surface area (Å²) in [6.45, 7) is 6.39. The molecule has 1 N–H and O–H groups in total. The van der Waals surface area contributed by atoms with Crippen LogP contribution in [-0.4, -0.2) is 13.7 Å². The highest BCUT2D eigenvalue weighted by Crippen LogP contribution is 2.25. The first-order chi connectivity index (χ1) is 9.65. The Hall–Kier alpha value is -0.730. The lowest BCUT2D eigenvalue weighted by Gasteiger charge is -2.11. The van der Waals surface area contributed by atoms with Crippen molar-refractivity contribution >= 4 is 11.6 Å². The van der Waals surface area contributed by atoms with Crippen LogP contribution < -0.4 is 10.1 Å². The topological polar surface area (TPSA) is 21.3 Å². The van der Waals surface area contributed by atoms with Crippen molar-refractivity contribution in [3.05, 3.63) is 28.8 Å². The molecule has 0 bridgehead atoms. The number of rotatable bonds is 10. The minimum atomic E-state index is 0.772. The summed E-state index contributed by atoms with van der Waals surface area (Å²) in [6, 6.07) is 5.78. The van der Waals surface area contributed by atoms with Crippen LogP contribution in [0.4, 0.5) is 0 Å². The number of halogens is 1. The van der Waals surface area contributed by atoms with Crippen LogP contribution in [0.2, 0.25) is 5.02 Å². The van der Waals surface area contributed by atoms with Crippen molar-refractivity contribution in [1.29, 1.82) is 0 Å². The first kappa shape index (κ1) is 17.3. The third-order valence-corrected chi connectivity index (χ3v) is 3.84. The minimum absolute atomic E-state index is 0.772. The molecule has 0 atom stereocenters. The molecule has 0 fully saturated rings. The lowest BCUT2D eigenvalue weighted by atomic mass is 10.0. The van der Waals surface area contributed by atoms with Gasteiger partial charge in [0.2, 0.25) is 0 Å². The maximum absolute atomic E-state index is 6.20. The highest BCUT2D eigenvalue weighted by Gasteiger charge is 2.06. The molecule has 1 aromatic carbocycles. The van der Waals surface area contributed by atoms with Crippen molar-refractivity contribution < 1.29 is 4.74 Å². The van der Waals surface area contributed by atoms with Gasteiger partial charge in [-0.25, -0.2) is 0 Å².